The standard InChI is InChI=1S/C8H5BrF4O/c1-14-7-2-4(8(11,12)13)6(10)3-5(7)9/h2-3H,1H3. The minimum Gasteiger partial charge on any atom is -0.496 e. The highest BCUT2D eigenvalue weighted by atomic mass is 79.9. The summed E-state index contributed by atoms with van der Waals surface area (Å²) in [5.74, 6) is -1.39. The molecule has 0 bridgehead atoms. The van der Waals surface area contributed by atoms with Gasteiger partial charge in [-0.1, -0.05) is 0 Å². The number of hydrogen-bond donors (Lipinski definition) is 0. The van der Waals surface area contributed by atoms with Crippen LogP contribution in [0.4, 0.5) is 17.6 Å². The molecule has 1 aromatic carbocycles. The maximum atomic E-state index is 12.9. The zero-order valence-corrected chi connectivity index (χ0v) is 8.54. The molecule has 0 saturated heterocycles. The number of halogens is 5. The topological polar surface area (TPSA) is 9.23 Å². The van der Waals surface area contributed by atoms with Gasteiger partial charge in [0.25, 0.3) is 0 Å². The monoisotopic (exact) mass is 272 g/mol. The van der Waals surface area contributed by atoms with Gasteiger partial charge in [-0.3, -0.25) is 0 Å². The molecule has 0 atom stereocenters. The fourth-order valence-corrected chi connectivity index (χ4v) is 1.38. The average Bonchev–Trinajstić information content (AvgIpc) is 2.02. The predicted molar refractivity (Wildman–Crippen MR) is 45.7 cm³/mol. The van der Waals surface area contributed by atoms with Gasteiger partial charge in [0.15, 0.2) is 0 Å². The van der Waals surface area contributed by atoms with Crippen molar-refractivity contribution in [2.24, 2.45) is 0 Å². The molecule has 0 aliphatic carbocycles. The van der Waals surface area contributed by atoms with Gasteiger partial charge in [0.2, 0.25) is 0 Å². The molecular formula is C8H5BrF4O. The average molecular weight is 273 g/mol. The van der Waals surface area contributed by atoms with E-state index in [9.17, 15) is 17.6 Å². The van der Waals surface area contributed by atoms with Gasteiger partial charge >= 0.3 is 6.18 Å². The van der Waals surface area contributed by atoms with E-state index in [2.05, 4.69) is 20.7 Å². The highest BCUT2D eigenvalue weighted by molar-refractivity contribution is 9.10. The second-order valence-corrected chi connectivity index (χ2v) is 3.32. The number of methoxy groups -OCH3 is 1. The number of ether oxygens (including phenoxy) is 1. The molecule has 6 heteroatoms. The van der Waals surface area contributed by atoms with Crippen molar-refractivity contribution in [1.82, 2.24) is 0 Å². The zero-order chi connectivity index (χ0) is 10.9. The van der Waals surface area contributed by atoms with Crippen molar-refractivity contribution >= 4 is 15.9 Å². The van der Waals surface area contributed by atoms with Gasteiger partial charge in [-0.05, 0) is 28.1 Å². The van der Waals surface area contributed by atoms with Gasteiger partial charge < -0.3 is 4.74 Å². The molecule has 0 aliphatic rings. The van der Waals surface area contributed by atoms with Crippen LogP contribution in [0.1, 0.15) is 5.56 Å². The first-order valence-electron chi connectivity index (χ1n) is 3.46. The van der Waals surface area contributed by atoms with Gasteiger partial charge in [-0.15, -0.1) is 0 Å². The van der Waals surface area contributed by atoms with Crippen LogP contribution in [0.3, 0.4) is 0 Å². The first-order valence-corrected chi connectivity index (χ1v) is 4.25. The molecule has 0 aromatic heterocycles. The van der Waals surface area contributed by atoms with Crippen LogP contribution in [0.5, 0.6) is 5.75 Å². The van der Waals surface area contributed by atoms with E-state index < -0.39 is 17.6 Å². The SMILES string of the molecule is COc1cc(C(F)(F)F)c(F)cc1Br. The Labute approximate surface area is 85.8 Å². The third kappa shape index (κ3) is 2.17. The van der Waals surface area contributed by atoms with Crippen LogP contribution in [-0.2, 0) is 6.18 Å². The Morgan fingerprint density at radius 2 is 1.86 bits per heavy atom. The Bertz CT molecular complexity index is 348. The van der Waals surface area contributed by atoms with Crippen LogP contribution in [0.15, 0.2) is 16.6 Å². The second kappa shape index (κ2) is 3.76. The molecule has 0 spiro atoms. The smallest absolute Gasteiger partial charge is 0.419 e. The van der Waals surface area contributed by atoms with E-state index in [1.165, 1.54) is 7.11 Å². The largest absolute Gasteiger partial charge is 0.496 e. The van der Waals surface area contributed by atoms with Crippen LogP contribution in [0.25, 0.3) is 0 Å². The number of rotatable bonds is 1. The molecule has 0 heterocycles. The lowest BCUT2D eigenvalue weighted by Gasteiger charge is -2.10. The van der Waals surface area contributed by atoms with Gasteiger partial charge in [0.1, 0.15) is 11.6 Å². The van der Waals surface area contributed by atoms with Crippen molar-refractivity contribution in [2.45, 2.75) is 6.18 Å². The second-order valence-electron chi connectivity index (χ2n) is 2.46. The Balaban J connectivity index is 3.32. The zero-order valence-electron chi connectivity index (χ0n) is 6.95. The predicted octanol–water partition coefficient (Wildman–Crippen LogP) is 3.62. The van der Waals surface area contributed by atoms with Crippen molar-refractivity contribution in [3.63, 3.8) is 0 Å². The summed E-state index contributed by atoms with van der Waals surface area (Å²) in [4.78, 5) is 0. The molecule has 0 N–H and O–H groups in total. The fourth-order valence-electron chi connectivity index (χ4n) is 0.903. The van der Waals surface area contributed by atoms with Gasteiger partial charge in [-0.2, -0.15) is 13.2 Å². The van der Waals surface area contributed by atoms with Crippen molar-refractivity contribution in [3.8, 4) is 5.75 Å². The minimum atomic E-state index is -4.71. The van der Waals surface area contributed by atoms with Crippen molar-refractivity contribution in [3.05, 3.63) is 28.0 Å². The fraction of sp³-hybridized carbons (Fsp3) is 0.250. The number of alkyl halides is 3. The van der Waals surface area contributed by atoms with Crippen molar-refractivity contribution < 1.29 is 22.3 Å². The van der Waals surface area contributed by atoms with E-state index in [1.54, 1.807) is 0 Å². The quantitative estimate of drug-likeness (QED) is 0.710. The molecule has 1 nitrogen and oxygen atoms in total. The third-order valence-electron chi connectivity index (χ3n) is 1.55. The van der Waals surface area contributed by atoms with Crippen LogP contribution in [-0.4, -0.2) is 7.11 Å². The molecule has 0 saturated carbocycles. The van der Waals surface area contributed by atoms with E-state index in [-0.39, 0.29) is 10.2 Å². The first kappa shape index (κ1) is 11.3. The Kier molecular flexibility index (Phi) is 3.04. The molecule has 0 unspecified atom stereocenters. The van der Waals surface area contributed by atoms with E-state index in [0.717, 1.165) is 6.07 Å². The van der Waals surface area contributed by atoms with Crippen LogP contribution in [0, 0.1) is 5.82 Å². The lowest BCUT2D eigenvalue weighted by Crippen LogP contribution is -2.08. The molecular weight excluding hydrogens is 268 g/mol. The summed E-state index contributed by atoms with van der Waals surface area (Å²) >= 11 is 2.88. The first-order chi connectivity index (χ1) is 6.36. The molecule has 0 amide bonds. The number of hydrogen-bond acceptors (Lipinski definition) is 1. The van der Waals surface area contributed by atoms with E-state index >= 15 is 0 Å². The molecule has 14 heavy (non-hydrogen) atoms. The Hall–Kier alpha value is -0.780. The van der Waals surface area contributed by atoms with Crippen LogP contribution >= 0.6 is 15.9 Å². The molecule has 1 aromatic rings. The van der Waals surface area contributed by atoms with Gasteiger partial charge in [0.05, 0.1) is 17.1 Å². The molecule has 0 radical (unpaired) electrons. The summed E-state index contributed by atoms with van der Waals surface area (Å²) in [5, 5.41) is 0. The lowest BCUT2D eigenvalue weighted by atomic mass is 10.2. The molecule has 1 rings (SSSR count). The van der Waals surface area contributed by atoms with E-state index in [0.29, 0.717) is 6.07 Å². The summed E-state index contributed by atoms with van der Waals surface area (Å²) in [5.41, 5.74) is -1.34. The van der Waals surface area contributed by atoms with Crippen molar-refractivity contribution in [2.75, 3.05) is 7.11 Å². The molecule has 78 valence electrons. The van der Waals surface area contributed by atoms with Gasteiger partial charge in [-0.25, -0.2) is 4.39 Å². The summed E-state index contributed by atoms with van der Waals surface area (Å²) < 4.78 is 54.2. The highest BCUT2D eigenvalue weighted by Gasteiger charge is 2.35. The number of benzene rings is 1. The van der Waals surface area contributed by atoms with Gasteiger partial charge in [0, 0.05) is 0 Å². The van der Waals surface area contributed by atoms with Crippen LogP contribution in [0.2, 0.25) is 0 Å². The summed E-state index contributed by atoms with van der Waals surface area (Å²) in [6.07, 6.45) is -4.71. The van der Waals surface area contributed by atoms with Crippen molar-refractivity contribution in [1.29, 1.82) is 0 Å². The van der Waals surface area contributed by atoms with Crippen LogP contribution < -0.4 is 4.74 Å². The Morgan fingerprint density at radius 1 is 1.29 bits per heavy atom. The third-order valence-corrected chi connectivity index (χ3v) is 2.17. The normalized spacial score (nSPS) is 11.6. The van der Waals surface area contributed by atoms with E-state index in [4.69, 9.17) is 0 Å². The maximum Gasteiger partial charge on any atom is 0.419 e. The maximum absolute atomic E-state index is 12.9. The lowest BCUT2D eigenvalue weighted by molar-refractivity contribution is -0.140. The van der Waals surface area contributed by atoms with E-state index in [1.807, 2.05) is 0 Å². The summed E-state index contributed by atoms with van der Waals surface area (Å²) in [6, 6.07) is 1.33. The summed E-state index contributed by atoms with van der Waals surface area (Å²) in [6.45, 7) is 0. The minimum absolute atomic E-state index is 0.0567. The molecule has 0 aliphatic heterocycles. The summed E-state index contributed by atoms with van der Waals surface area (Å²) in [7, 11) is 1.21. The molecule has 0 fully saturated rings. The highest BCUT2D eigenvalue weighted by Crippen LogP contribution is 2.36. The Morgan fingerprint density at radius 3 is 2.29 bits per heavy atom.